The number of hydrogen-bond acceptors (Lipinski definition) is 5. The van der Waals surface area contributed by atoms with Gasteiger partial charge in [-0.3, -0.25) is 19.5 Å². The van der Waals surface area contributed by atoms with Gasteiger partial charge in [-0.15, -0.1) is 0 Å². The molecule has 148 valence electrons. The maximum atomic E-state index is 12.6. The fourth-order valence-electron chi connectivity index (χ4n) is 3.99. The summed E-state index contributed by atoms with van der Waals surface area (Å²) in [6.07, 6.45) is 9.75. The minimum Gasteiger partial charge on any atom is -0.478 e. The molecule has 0 aromatic carbocycles. The van der Waals surface area contributed by atoms with E-state index in [4.69, 9.17) is 0 Å². The van der Waals surface area contributed by atoms with Crippen molar-refractivity contribution in [3.05, 3.63) is 47.1 Å². The first-order chi connectivity index (χ1) is 13.4. The number of carboxylic acids is 1. The Kier molecular flexibility index (Phi) is 5.48. The number of allylic oxidation sites excluding steroid dienone is 3. The largest absolute Gasteiger partial charge is 0.478 e. The molecule has 2 fully saturated rings. The number of aromatic nitrogens is 1. The fraction of sp³-hybridized carbons (Fsp3) is 0.400. The Morgan fingerprint density at radius 1 is 1.32 bits per heavy atom. The summed E-state index contributed by atoms with van der Waals surface area (Å²) in [5, 5.41) is 15.3. The number of rotatable bonds is 5. The molecule has 3 N–H and O–H groups in total. The molecule has 3 rings (SSSR count). The van der Waals surface area contributed by atoms with E-state index in [0.29, 0.717) is 22.7 Å². The van der Waals surface area contributed by atoms with E-state index in [2.05, 4.69) is 15.6 Å². The normalized spacial score (nSPS) is 20.7. The van der Waals surface area contributed by atoms with Crippen molar-refractivity contribution in [1.29, 1.82) is 0 Å². The molecule has 1 saturated carbocycles. The maximum absolute atomic E-state index is 12.6. The Bertz CT molecular complexity index is 869. The summed E-state index contributed by atoms with van der Waals surface area (Å²) in [7, 11) is 0. The third-order valence-electron chi connectivity index (χ3n) is 5.24. The minimum atomic E-state index is -1.08. The van der Waals surface area contributed by atoms with Crippen LogP contribution in [0.5, 0.6) is 0 Å². The van der Waals surface area contributed by atoms with Crippen LogP contribution in [0, 0.1) is 0 Å². The number of carbonyl (C=O) groups excluding carboxylic acids is 2. The van der Waals surface area contributed by atoms with Gasteiger partial charge >= 0.3 is 5.97 Å². The zero-order chi connectivity index (χ0) is 20.3. The molecule has 1 spiro atoms. The molecule has 1 aromatic heterocycles. The summed E-state index contributed by atoms with van der Waals surface area (Å²) in [6.45, 7) is 3.54. The van der Waals surface area contributed by atoms with Gasteiger partial charge in [-0.25, -0.2) is 4.79 Å². The molecule has 1 aliphatic heterocycles. The maximum Gasteiger partial charge on any atom is 0.339 e. The summed E-state index contributed by atoms with van der Waals surface area (Å²) in [6, 6.07) is 1.57. The quantitative estimate of drug-likeness (QED) is 0.531. The summed E-state index contributed by atoms with van der Waals surface area (Å²) < 4.78 is 0. The highest BCUT2D eigenvalue weighted by molar-refractivity contribution is 5.99. The number of anilines is 1. The van der Waals surface area contributed by atoms with E-state index in [-0.39, 0.29) is 11.5 Å². The van der Waals surface area contributed by atoms with Crippen molar-refractivity contribution in [2.75, 3.05) is 5.32 Å². The standard InChI is InChI=1S/C20H24N4O4/c1-13(10-14(2)22-16-6-9-21-11-15(16)19(27)28)17-18(26)23-20(24(17)12-25)7-4-3-5-8-20/h6,9-12H,3-5,7-8H2,1-2H3,(H,21,22)(H,23,26)(H,27,28)/b14-10+,17-13-. The van der Waals surface area contributed by atoms with Crippen molar-refractivity contribution in [2.45, 2.75) is 51.6 Å². The number of carbonyl (C=O) groups is 3. The van der Waals surface area contributed by atoms with Crippen LogP contribution in [0.3, 0.4) is 0 Å². The molecule has 0 atom stereocenters. The number of aromatic carboxylic acids is 1. The predicted octanol–water partition coefficient (Wildman–Crippen LogP) is 2.62. The SMILES string of the molecule is CC(/C=C(\C)Nc1ccncc1C(=O)O)=C1\C(=O)NC2(CCCCC2)N1C=O. The monoisotopic (exact) mass is 384 g/mol. The second kappa shape index (κ2) is 7.84. The average Bonchev–Trinajstić information content (AvgIpc) is 2.93. The molecule has 1 aromatic rings. The van der Waals surface area contributed by atoms with Gasteiger partial charge in [0.05, 0.1) is 5.69 Å². The van der Waals surface area contributed by atoms with Crippen LogP contribution in [0.4, 0.5) is 5.69 Å². The van der Waals surface area contributed by atoms with Crippen LogP contribution >= 0.6 is 0 Å². The van der Waals surface area contributed by atoms with E-state index in [9.17, 15) is 19.5 Å². The lowest BCUT2D eigenvalue weighted by Gasteiger charge is -2.38. The summed E-state index contributed by atoms with van der Waals surface area (Å²) in [5.74, 6) is -1.34. The number of amides is 2. The Morgan fingerprint density at radius 3 is 2.68 bits per heavy atom. The summed E-state index contributed by atoms with van der Waals surface area (Å²) >= 11 is 0. The first-order valence-corrected chi connectivity index (χ1v) is 9.28. The van der Waals surface area contributed by atoms with Gasteiger partial charge in [-0.1, -0.05) is 6.42 Å². The molecule has 0 unspecified atom stereocenters. The van der Waals surface area contributed by atoms with E-state index in [1.807, 2.05) is 0 Å². The Labute approximate surface area is 163 Å². The molecular formula is C20H24N4O4. The number of hydrogen-bond donors (Lipinski definition) is 3. The van der Waals surface area contributed by atoms with Crippen molar-refractivity contribution in [3.8, 4) is 0 Å². The molecule has 2 amide bonds. The van der Waals surface area contributed by atoms with Crippen molar-refractivity contribution in [3.63, 3.8) is 0 Å². The third kappa shape index (κ3) is 3.62. The lowest BCUT2D eigenvalue weighted by atomic mass is 9.88. The summed E-state index contributed by atoms with van der Waals surface area (Å²) in [4.78, 5) is 41.1. The molecule has 28 heavy (non-hydrogen) atoms. The number of carboxylic acid groups (broad SMARTS) is 1. The predicted molar refractivity (Wildman–Crippen MR) is 103 cm³/mol. The second-order valence-corrected chi connectivity index (χ2v) is 7.23. The van der Waals surface area contributed by atoms with Crippen LogP contribution in [0.25, 0.3) is 0 Å². The van der Waals surface area contributed by atoms with Gasteiger partial charge in [0.25, 0.3) is 5.91 Å². The number of nitrogens with zero attached hydrogens (tertiary/aromatic N) is 2. The molecule has 1 aliphatic carbocycles. The van der Waals surface area contributed by atoms with Gasteiger partial charge in [-0.05, 0) is 57.2 Å². The molecular weight excluding hydrogens is 360 g/mol. The van der Waals surface area contributed by atoms with Crippen LogP contribution < -0.4 is 10.6 Å². The lowest BCUT2D eigenvalue weighted by molar-refractivity contribution is -0.121. The number of nitrogens with one attached hydrogen (secondary N) is 2. The first kappa shape index (κ1) is 19.6. The van der Waals surface area contributed by atoms with Crippen molar-refractivity contribution in [2.24, 2.45) is 0 Å². The van der Waals surface area contributed by atoms with E-state index >= 15 is 0 Å². The zero-order valence-corrected chi connectivity index (χ0v) is 16.0. The van der Waals surface area contributed by atoms with E-state index in [1.54, 1.807) is 26.0 Å². The second-order valence-electron chi connectivity index (χ2n) is 7.23. The van der Waals surface area contributed by atoms with Gasteiger partial charge in [-0.2, -0.15) is 0 Å². The third-order valence-corrected chi connectivity index (χ3v) is 5.24. The highest BCUT2D eigenvalue weighted by atomic mass is 16.4. The molecule has 2 aliphatic rings. The van der Waals surface area contributed by atoms with Gasteiger partial charge < -0.3 is 15.7 Å². The molecule has 0 radical (unpaired) electrons. The topological polar surface area (TPSA) is 112 Å². The van der Waals surface area contributed by atoms with Gasteiger partial charge in [0, 0.05) is 18.1 Å². The van der Waals surface area contributed by atoms with Gasteiger partial charge in [0.15, 0.2) is 0 Å². The highest BCUT2D eigenvalue weighted by Gasteiger charge is 2.48. The molecule has 0 bridgehead atoms. The first-order valence-electron chi connectivity index (χ1n) is 9.28. The van der Waals surface area contributed by atoms with Crippen molar-refractivity contribution in [1.82, 2.24) is 15.2 Å². The van der Waals surface area contributed by atoms with Crippen LogP contribution in [0.1, 0.15) is 56.3 Å². The van der Waals surface area contributed by atoms with Crippen LogP contribution in [-0.2, 0) is 9.59 Å². The molecule has 8 heteroatoms. The zero-order valence-electron chi connectivity index (χ0n) is 16.0. The van der Waals surface area contributed by atoms with E-state index < -0.39 is 11.6 Å². The average molecular weight is 384 g/mol. The highest BCUT2D eigenvalue weighted by Crippen LogP contribution is 2.38. The summed E-state index contributed by atoms with van der Waals surface area (Å²) in [5.41, 5.74) is 1.44. The van der Waals surface area contributed by atoms with Crippen LogP contribution in [-0.4, -0.2) is 38.9 Å². The Balaban J connectivity index is 1.90. The fourth-order valence-corrected chi connectivity index (χ4v) is 3.99. The molecule has 8 nitrogen and oxygen atoms in total. The van der Waals surface area contributed by atoms with E-state index in [0.717, 1.165) is 38.5 Å². The van der Waals surface area contributed by atoms with Crippen molar-refractivity contribution >= 4 is 24.0 Å². The van der Waals surface area contributed by atoms with Gasteiger partial charge in [0.2, 0.25) is 6.41 Å². The van der Waals surface area contributed by atoms with Crippen LogP contribution in [0.15, 0.2) is 41.5 Å². The van der Waals surface area contributed by atoms with Gasteiger partial charge in [0.1, 0.15) is 16.9 Å². The molecule has 2 heterocycles. The van der Waals surface area contributed by atoms with Crippen molar-refractivity contribution < 1.29 is 19.5 Å². The molecule has 1 saturated heterocycles. The minimum absolute atomic E-state index is 0.0508. The Hall–Kier alpha value is -3.16. The van der Waals surface area contributed by atoms with E-state index in [1.165, 1.54) is 17.3 Å². The number of pyridine rings is 1. The smallest absolute Gasteiger partial charge is 0.339 e. The lowest BCUT2D eigenvalue weighted by Crippen LogP contribution is -2.52. The van der Waals surface area contributed by atoms with Crippen LogP contribution in [0.2, 0.25) is 0 Å². The Morgan fingerprint density at radius 2 is 2.04 bits per heavy atom.